The lowest BCUT2D eigenvalue weighted by Gasteiger charge is -2.10. The van der Waals surface area contributed by atoms with E-state index in [-0.39, 0.29) is 29.3 Å². The Hall–Kier alpha value is -5.87. The second kappa shape index (κ2) is 9.33. The molecule has 0 aliphatic rings. The Morgan fingerprint density at radius 2 is 1.00 bits per heavy atom. The van der Waals surface area contributed by atoms with Crippen molar-refractivity contribution in [2.24, 2.45) is 0 Å². The molecule has 4 heteroatoms. The van der Waals surface area contributed by atoms with Crippen molar-refractivity contribution in [3.8, 4) is 34.2 Å². The molecule has 7 aromatic carbocycles. The highest BCUT2D eigenvalue weighted by Crippen LogP contribution is 2.35. The topological polar surface area (TPSA) is 51.8 Å². The molecule has 0 radical (unpaired) electrons. The first kappa shape index (κ1) is 19.3. The van der Waals surface area contributed by atoms with E-state index in [1.165, 1.54) is 0 Å². The minimum Gasteiger partial charge on any atom is -0.456 e. The molecule has 0 N–H and O–H groups in total. The molecule has 2 aromatic heterocycles. The summed E-state index contributed by atoms with van der Waals surface area (Å²) in [5, 5.41) is 8.40. The van der Waals surface area contributed by atoms with Gasteiger partial charge in [-0.05, 0) is 62.6 Å². The van der Waals surface area contributed by atoms with Gasteiger partial charge in [0.25, 0.3) is 0 Å². The first-order valence-electron chi connectivity index (χ1n) is 16.4. The van der Waals surface area contributed by atoms with E-state index < -0.39 is 18.1 Å². The number of aromatic nitrogens is 3. The van der Waals surface area contributed by atoms with Crippen molar-refractivity contribution in [2.75, 3.05) is 0 Å². The van der Waals surface area contributed by atoms with E-state index in [2.05, 4.69) is 42.5 Å². The molecule has 0 saturated heterocycles. The van der Waals surface area contributed by atoms with E-state index in [0.29, 0.717) is 22.5 Å². The van der Waals surface area contributed by atoms with E-state index in [4.69, 9.17) is 26.2 Å². The molecule has 0 atom stereocenters. The molecule has 0 unspecified atom stereocenters. The van der Waals surface area contributed by atoms with E-state index in [0.717, 1.165) is 48.7 Å². The quantitative estimate of drug-likeness (QED) is 0.204. The van der Waals surface area contributed by atoms with Gasteiger partial charge in [-0.15, -0.1) is 0 Å². The van der Waals surface area contributed by atoms with Crippen LogP contribution in [-0.4, -0.2) is 15.0 Å². The monoisotopic (exact) mass is 554 g/mol. The fraction of sp³-hybridized carbons (Fsp3) is 0. The van der Waals surface area contributed by atoms with Crippen molar-refractivity contribution >= 4 is 54.3 Å². The van der Waals surface area contributed by atoms with Crippen molar-refractivity contribution in [2.45, 2.75) is 0 Å². The van der Waals surface area contributed by atoms with Crippen molar-refractivity contribution in [3.63, 3.8) is 0 Å². The average molecular weight is 555 g/mol. The van der Waals surface area contributed by atoms with Gasteiger partial charge in [0, 0.05) is 27.5 Å². The second-order valence-corrected chi connectivity index (χ2v) is 10.5. The fourth-order valence-electron chi connectivity index (χ4n) is 5.85. The van der Waals surface area contributed by atoms with Gasteiger partial charge in [-0.25, -0.2) is 15.0 Å². The van der Waals surface area contributed by atoms with Gasteiger partial charge in [0.1, 0.15) is 11.2 Å². The van der Waals surface area contributed by atoms with Crippen LogP contribution in [0, 0.1) is 0 Å². The average Bonchev–Trinajstić information content (AvgIpc) is 3.48. The number of furan rings is 1. The Morgan fingerprint density at radius 3 is 1.79 bits per heavy atom. The van der Waals surface area contributed by atoms with Gasteiger partial charge in [0.15, 0.2) is 17.5 Å². The zero-order valence-corrected chi connectivity index (χ0v) is 22.6. The molecule has 4 nitrogen and oxygen atoms in total. The standard InChI is InChI=1S/C39H23N3O/c1-2-9-26(10-3-1)37-40-38(29-17-16-25-15-14-24-8-6-7-13-31(24)33(25)21-29)42-39(41-37)30-18-19-32-34-20-27-11-4-5-12-28(27)22-36(34)43-35(32)23-30/h1-23H/i1D,2D,3D,9D,10D. The smallest absolute Gasteiger partial charge is 0.164 e. The predicted octanol–water partition coefficient (Wildman–Crippen LogP) is 10.2. The number of nitrogens with zero attached hydrogens (tertiary/aromatic N) is 3. The SMILES string of the molecule is [2H]c1c([2H])c([2H])c(-c2nc(-c3ccc4c(c3)oc3cc5ccccc5cc34)nc(-c3ccc4ccc5ccccc5c4c3)n2)c([2H])c1[2H]. The van der Waals surface area contributed by atoms with Crippen LogP contribution in [0.3, 0.4) is 0 Å². The summed E-state index contributed by atoms with van der Waals surface area (Å²) in [6.45, 7) is 0. The third-order valence-electron chi connectivity index (χ3n) is 7.96. The minimum absolute atomic E-state index is 0.0130. The molecule has 0 saturated carbocycles. The molecule has 0 fully saturated rings. The highest BCUT2D eigenvalue weighted by molar-refractivity contribution is 6.11. The van der Waals surface area contributed by atoms with Crippen LogP contribution in [0.2, 0.25) is 0 Å². The molecule has 0 spiro atoms. The Kier molecular flexibility index (Phi) is 4.18. The van der Waals surface area contributed by atoms with Crippen LogP contribution in [-0.2, 0) is 0 Å². The van der Waals surface area contributed by atoms with Crippen molar-refractivity contribution < 1.29 is 11.3 Å². The van der Waals surface area contributed by atoms with Gasteiger partial charge in [-0.2, -0.15) is 0 Å². The lowest BCUT2D eigenvalue weighted by atomic mass is 10.00. The summed E-state index contributed by atoms with van der Waals surface area (Å²) < 4.78 is 48.3. The minimum atomic E-state index is -0.479. The van der Waals surface area contributed by atoms with E-state index in [9.17, 15) is 0 Å². The van der Waals surface area contributed by atoms with Gasteiger partial charge in [-0.3, -0.25) is 0 Å². The van der Waals surface area contributed by atoms with Gasteiger partial charge in [-0.1, -0.05) is 109 Å². The van der Waals surface area contributed by atoms with Gasteiger partial charge in [0.05, 0.1) is 6.85 Å². The van der Waals surface area contributed by atoms with Crippen LogP contribution in [0.1, 0.15) is 6.85 Å². The summed E-state index contributed by atoms with van der Waals surface area (Å²) in [4.78, 5) is 14.3. The Balaban J connectivity index is 1.29. The van der Waals surface area contributed by atoms with Gasteiger partial charge >= 0.3 is 0 Å². The lowest BCUT2D eigenvalue weighted by molar-refractivity contribution is 0.669. The summed E-state index contributed by atoms with van der Waals surface area (Å²) >= 11 is 0. The zero-order valence-electron chi connectivity index (χ0n) is 27.6. The number of fused-ring (bicyclic) bond motifs is 7. The summed E-state index contributed by atoms with van der Waals surface area (Å²) in [7, 11) is 0. The third-order valence-corrected chi connectivity index (χ3v) is 7.96. The number of benzene rings is 7. The Bertz CT molecular complexity index is 2780. The summed E-state index contributed by atoms with van der Waals surface area (Å²) in [5.74, 6) is 0.584. The maximum absolute atomic E-state index is 8.66. The molecular weight excluding hydrogens is 526 g/mol. The summed E-state index contributed by atoms with van der Waals surface area (Å²) in [5.41, 5.74) is 2.66. The van der Waals surface area contributed by atoms with E-state index in [1.54, 1.807) is 0 Å². The molecule has 9 aromatic rings. The van der Waals surface area contributed by atoms with Crippen molar-refractivity contribution in [1.82, 2.24) is 15.0 Å². The molecule has 0 aliphatic carbocycles. The van der Waals surface area contributed by atoms with Crippen LogP contribution >= 0.6 is 0 Å². The molecule has 0 aliphatic heterocycles. The highest BCUT2D eigenvalue weighted by atomic mass is 16.3. The van der Waals surface area contributed by atoms with Crippen LogP contribution in [0.5, 0.6) is 0 Å². The molecule has 0 amide bonds. The first-order chi connectivity index (χ1) is 23.3. The molecule has 200 valence electrons. The molecular formula is C39H23N3O. The second-order valence-electron chi connectivity index (χ2n) is 10.5. The normalized spacial score (nSPS) is 13.3. The molecule has 0 bridgehead atoms. The fourth-order valence-corrected chi connectivity index (χ4v) is 5.85. The lowest BCUT2D eigenvalue weighted by Crippen LogP contribution is -2.00. The van der Waals surface area contributed by atoms with Crippen LogP contribution in [0.25, 0.3) is 88.4 Å². The van der Waals surface area contributed by atoms with Crippen molar-refractivity contribution in [1.29, 1.82) is 0 Å². The maximum atomic E-state index is 8.66. The Labute approximate surface area is 253 Å². The highest BCUT2D eigenvalue weighted by Gasteiger charge is 2.15. The predicted molar refractivity (Wildman–Crippen MR) is 176 cm³/mol. The van der Waals surface area contributed by atoms with Gasteiger partial charge < -0.3 is 4.42 Å². The molecule has 2 heterocycles. The zero-order chi connectivity index (χ0) is 32.7. The van der Waals surface area contributed by atoms with Crippen LogP contribution in [0.15, 0.2) is 144 Å². The Morgan fingerprint density at radius 1 is 0.419 bits per heavy atom. The largest absolute Gasteiger partial charge is 0.456 e. The number of hydrogen-bond donors (Lipinski definition) is 0. The number of hydrogen-bond acceptors (Lipinski definition) is 4. The molecule has 9 rings (SSSR count). The van der Waals surface area contributed by atoms with Gasteiger partial charge in [0.2, 0.25) is 0 Å². The summed E-state index contributed by atoms with van der Waals surface area (Å²) in [6, 6.07) is 34.2. The summed E-state index contributed by atoms with van der Waals surface area (Å²) in [6.07, 6.45) is 0. The van der Waals surface area contributed by atoms with Crippen LogP contribution in [0.4, 0.5) is 0 Å². The number of rotatable bonds is 3. The van der Waals surface area contributed by atoms with Crippen LogP contribution < -0.4 is 0 Å². The van der Waals surface area contributed by atoms with E-state index in [1.807, 2.05) is 66.7 Å². The first-order valence-corrected chi connectivity index (χ1v) is 13.9. The van der Waals surface area contributed by atoms with E-state index >= 15 is 0 Å². The third kappa shape index (κ3) is 3.96. The van der Waals surface area contributed by atoms with Crippen molar-refractivity contribution in [3.05, 3.63) is 139 Å². The molecule has 43 heavy (non-hydrogen) atoms. The maximum Gasteiger partial charge on any atom is 0.164 e.